The molecule has 0 saturated heterocycles. The molecule has 0 spiro atoms. The predicted molar refractivity (Wildman–Crippen MR) is 105 cm³/mol. The average Bonchev–Trinajstić information content (AvgIpc) is 3.11. The van der Waals surface area contributed by atoms with Crippen molar-refractivity contribution in [1.29, 1.82) is 0 Å². The van der Waals surface area contributed by atoms with Gasteiger partial charge in [-0.3, -0.25) is 0 Å². The molecule has 3 nitrogen and oxygen atoms in total. The second kappa shape index (κ2) is 6.48. The van der Waals surface area contributed by atoms with Crippen LogP contribution >= 0.6 is 11.6 Å². The Bertz CT molecular complexity index is 886. The first kappa shape index (κ1) is 17.2. The molecule has 1 heterocycles. The van der Waals surface area contributed by atoms with Crippen LogP contribution in [-0.4, -0.2) is 11.1 Å². The zero-order chi connectivity index (χ0) is 18.4. The van der Waals surface area contributed by atoms with Crippen LogP contribution in [0.2, 0.25) is 5.02 Å². The number of hydrogen-bond donors (Lipinski definition) is 2. The fourth-order valence-corrected chi connectivity index (χ4v) is 4.50. The molecular formula is C22H22ClNO2. The summed E-state index contributed by atoms with van der Waals surface area (Å²) in [5.41, 5.74) is 4.45. The van der Waals surface area contributed by atoms with Crippen LogP contribution in [0.25, 0.3) is 0 Å². The van der Waals surface area contributed by atoms with Crippen molar-refractivity contribution in [3.63, 3.8) is 0 Å². The van der Waals surface area contributed by atoms with E-state index in [9.17, 15) is 9.90 Å². The highest BCUT2D eigenvalue weighted by molar-refractivity contribution is 6.33. The number of carboxylic acids is 1. The van der Waals surface area contributed by atoms with Gasteiger partial charge in [-0.1, -0.05) is 61.9 Å². The topological polar surface area (TPSA) is 49.3 Å². The first-order valence-electron chi connectivity index (χ1n) is 9.06. The molecule has 2 aromatic carbocycles. The number of rotatable bonds is 3. The lowest BCUT2D eigenvalue weighted by molar-refractivity contribution is 0.0695. The van der Waals surface area contributed by atoms with Crippen molar-refractivity contribution in [3.05, 3.63) is 75.8 Å². The van der Waals surface area contributed by atoms with Gasteiger partial charge in [-0.15, -0.1) is 0 Å². The smallest absolute Gasteiger partial charge is 0.336 e. The van der Waals surface area contributed by atoms with E-state index in [4.69, 9.17) is 11.6 Å². The van der Waals surface area contributed by atoms with Gasteiger partial charge in [-0.05, 0) is 47.1 Å². The minimum Gasteiger partial charge on any atom is -0.478 e. The first-order chi connectivity index (χ1) is 12.5. The molecule has 0 saturated carbocycles. The first-order valence-corrected chi connectivity index (χ1v) is 9.44. The molecule has 26 heavy (non-hydrogen) atoms. The van der Waals surface area contributed by atoms with Gasteiger partial charge in [0.25, 0.3) is 0 Å². The molecule has 2 N–H and O–H groups in total. The van der Waals surface area contributed by atoms with Crippen LogP contribution in [0.4, 0.5) is 5.69 Å². The number of anilines is 1. The summed E-state index contributed by atoms with van der Waals surface area (Å²) in [7, 11) is 0. The highest BCUT2D eigenvalue weighted by Gasteiger charge is 2.40. The minimum atomic E-state index is -0.904. The SMILES string of the molecule is CC(C)c1ccc([C@@H]2Nc3c(Cl)ccc(C(=O)O)c3[C@H]3C=CC[C@@H]32)cc1. The molecule has 1 aliphatic carbocycles. The third-order valence-corrected chi connectivity index (χ3v) is 5.98. The van der Waals surface area contributed by atoms with Gasteiger partial charge in [0.2, 0.25) is 0 Å². The van der Waals surface area contributed by atoms with Crippen LogP contribution in [0, 0.1) is 5.92 Å². The van der Waals surface area contributed by atoms with Gasteiger partial charge in [0.05, 0.1) is 22.3 Å². The Morgan fingerprint density at radius 2 is 1.92 bits per heavy atom. The van der Waals surface area contributed by atoms with Gasteiger partial charge in [-0.2, -0.15) is 0 Å². The molecule has 3 atom stereocenters. The molecule has 2 aromatic rings. The Morgan fingerprint density at radius 1 is 1.19 bits per heavy atom. The van der Waals surface area contributed by atoms with Gasteiger partial charge in [-0.25, -0.2) is 4.79 Å². The zero-order valence-corrected chi connectivity index (χ0v) is 15.6. The van der Waals surface area contributed by atoms with Crippen molar-refractivity contribution in [1.82, 2.24) is 0 Å². The maximum atomic E-state index is 11.7. The van der Waals surface area contributed by atoms with Crippen molar-refractivity contribution in [3.8, 4) is 0 Å². The van der Waals surface area contributed by atoms with E-state index in [-0.39, 0.29) is 12.0 Å². The lowest BCUT2D eigenvalue weighted by Crippen LogP contribution is -2.30. The number of carbonyl (C=O) groups is 1. The molecule has 0 fully saturated rings. The summed E-state index contributed by atoms with van der Waals surface area (Å²) >= 11 is 6.45. The van der Waals surface area contributed by atoms with Gasteiger partial charge in [0.1, 0.15) is 0 Å². The van der Waals surface area contributed by atoms with Gasteiger partial charge in [0.15, 0.2) is 0 Å². The van der Waals surface area contributed by atoms with Crippen LogP contribution in [0.3, 0.4) is 0 Å². The zero-order valence-electron chi connectivity index (χ0n) is 14.9. The number of aromatic carboxylic acids is 1. The molecule has 4 heteroatoms. The van der Waals surface area contributed by atoms with Crippen LogP contribution in [0.1, 0.15) is 65.2 Å². The Hall–Kier alpha value is -2.26. The molecular weight excluding hydrogens is 346 g/mol. The number of halogens is 1. The Balaban J connectivity index is 1.80. The summed E-state index contributed by atoms with van der Waals surface area (Å²) in [6.45, 7) is 4.38. The lowest BCUT2D eigenvalue weighted by Gasteiger charge is -2.38. The predicted octanol–water partition coefficient (Wildman–Crippen LogP) is 5.99. The van der Waals surface area contributed by atoms with Crippen molar-refractivity contribution in [2.24, 2.45) is 5.92 Å². The van der Waals surface area contributed by atoms with Crippen molar-refractivity contribution in [2.75, 3.05) is 5.32 Å². The molecule has 2 aliphatic rings. The lowest BCUT2D eigenvalue weighted by atomic mass is 9.75. The number of fused-ring (bicyclic) bond motifs is 3. The van der Waals surface area contributed by atoms with Crippen LogP contribution < -0.4 is 5.32 Å². The van der Waals surface area contributed by atoms with E-state index in [2.05, 4.69) is 55.6 Å². The van der Waals surface area contributed by atoms with E-state index in [0.717, 1.165) is 17.7 Å². The number of hydrogen-bond acceptors (Lipinski definition) is 2. The van der Waals surface area contributed by atoms with Gasteiger partial charge >= 0.3 is 5.97 Å². The summed E-state index contributed by atoms with van der Waals surface area (Å²) < 4.78 is 0. The maximum Gasteiger partial charge on any atom is 0.336 e. The number of benzene rings is 2. The standard InChI is InChI=1S/C22H22ClNO2/c1-12(2)13-6-8-14(9-7-13)20-16-5-3-4-15(16)19-17(22(25)26)10-11-18(23)21(19)24-20/h3-4,6-12,15-16,20,24H,5H2,1-2H3,(H,25,26)/t15-,16-,20-/m0/s1. The molecule has 0 unspecified atom stereocenters. The van der Waals surface area contributed by atoms with E-state index < -0.39 is 5.97 Å². The Morgan fingerprint density at radius 3 is 2.58 bits per heavy atom. The van der Waals surface area contributed by atoms with Crippen molar-refractivity contribution in [2.45, 2.75) is 38.1 Å². The third-order valence-electron chi connectivity index (χ3n) is 5.66. The van der Waals surface area contributed by atoms with Crippen LogP contribution in [0.15, 0.2) is 48.6 Å². The number of nitrogens with one attached hydrogen (secondary N) is 1. The molecule has 1 aliphatic heterocycles. The monoisotopic (exact) mass is 367 g/mol. The van der Waals surface area contributed by atoms with E-state index >= 15 is 0 Å². The minimum absolute atomic E-state index is 0.0748. The maximum absolute atomic E-state index is 11.7. The number of allylic oxidation sites excluding steroid dienone is 2. The largest absolute Gasteiger partial charge is 0.478 e. The van der Waals surface area contributed by atoms with Gasteiger partial charge < -0.3 is 10.4 Å². The summed E-state index contributed by atoms with van der Waals surface area (Å²) in [5, 5.41) is 13.8. The Kier molecular flexibility index (Phi) is 4.28. The van der Waals surface area contributed by atoms with Crippen molar-refractivity contribution < 1.29 is 9.90 Å². The average molecular weight is 368 g/mol. The van der Waals surface area contributed by atoms with E-state index in [1.807, 2.05) is 0 Å². The normalized spacial score (nSPS) is 23.5. The second-order valence-electron chi connectivity index (χ2n) is 7.49. The molecule has 0 amide bonds. The number of carboxylic acid groups (broad SMARTS) is 1. The molecule has 0 aromatic heterocycles. The van der Waals surface area contributed by atoms with Crippen molar-refractivity contribution >= 4 is 23.3 Å². The third kappa shape index (κ3) is 2.71. The fraction of sp³-hybridized carbons (Fsp3) is 0.318. The van der Waals surface area contributed by atoms with E-state index in [0.29, 0.717) is 22.4 Å². The fourth-order valence-electron chi connectivity index (χ4n) is 4.28. The molecule has 4 rings (SSSR count). The van der Waals surface area contributed by atoms with Crippen LogP contribution in [-0.2, 0) is 0 Å². The molecule has 0 bridgehead atoms. The van der Waals surface area contributed by atoms with Crippen LogP contribution in [0.5, 0.6) is 0 Å². The highest BCUT2D eigenvalue weighted by atomic mass is 35.5. The highest BCUT2D eigenvalue weighted by Crippen LogP contribution is 2.52. The summed E-state index contributed by atoms with van der Waals surface area (Å²) in [4.78, 5) is 11.7. The molecule has 0 radical (unpaired) electrons. The summed E-state index contributed by atoms with van der Waals surface area (Å²) in [6.07, 6.45) is 5.23. The summed E-state index contributed by atoms with van der Waals surface area (Å²) in [6, 6.07) is 12.1. The quantitative estimate of drug-likeness (QED) is 0.655. The molecule has 134 valence electrons. The second-order valence-corrected chi connectivity index (χ2v) is 7.89. The van der Waals surface area contributed by atoms with E-state index in [1.165, 1.54) is 11.1 Å². The summed E-state index contributed by atoms with van der Waals surface area (Å²) in [5.74, 6) is -0.0362. The Labute approximate surface area is 158 Å². The van der Waals surface area contributed by atoms with E-state index in [1.54, 1.807) is 12.1 Å². The van der Waals surface area contributed by atoms with Gasteiger partial charge in [0, 0.05) is 5.92 Å².